The maximum absolute atomic E-state index is 15.1. The molecule has 0 aliphatic carbocycles. The lowest BCUT2D eigenvalue weighted by Crippen LogP contribution is -2.23. The summed E-state index contributed by atoms with van der Waals surface area (Å²) in [4.78, 5) is 17.2. The standard InChI is InChI=1S/C27H22FN3O5/c1-34-24-13-19-21(14-25(24)35-2)29-11-10-22(19)36-23-9-8-18(12-20(23)28)31-26(32)16-30(27(31)33)15-17-6-4-3-5-7-17/h3-14,16,32H,15H2,1-2H3. The Kier molecular flexibility index (Phi) is 6.03. The Bertz CT molecular complexity index is 1610. The van der Waals surface area contributed by atoms with Crippen molar-refractivity contribution < 1.29 is 23.7 Å². The van der Waals surface area contributed by atoms with Gasteiger partial charge >= 0.3 is 5.69 Å². The summed E-state index contributed by atoms with van der Waals surface area (Å²) in [7, 11) is 3.05. The number of aromatic nitrogens is 3. The Morgan fingerprint density at radius 1 is 0.917 bits per heavy atom. The van der Waals surface area contributed by atoms with E-state index in [0.717, 1.165) is 16.2 Å². The number of imidazole rings is 1. The van der Waals surface area contributed by atoms with Gasteiger partial charge in [0.2, 0.25) is 5.88 Å². The van der Waals surface area contributed by atoms with Crippen molar-refractivity contribution in [2.24, 2.45) is 0 Å². The third kappa shape index (κ3) is 4.22. The predicted molar refractivity (Wildman–Crippen MR) is 132 cm³/mol. The second-order valence-electron chi connectivity index (χ2n) is 7.97. The second kappa shape index (κ2) is 9.46. The lowest BCUT2D eigenvalue weighted by molar-refractivity contribution is 0.355. The third-order valence-electron chi connectivity index (χ3n) is 5.73. The first-order chi connectivity index (χ1) is 17.5. The largest absolute Gasteiger partial charge is 0.493 e. The fourth-order valence-corrected chi connectivity index (χ4v) is 3.98. The van der Waals surface area contributed by atoms with Gasteiger partial charge in [-0.25, -0.2) is 13.8 Å². The maximum Gasteiger partial charge on any atom is 0.336 e. The first-order valence-corrected chi connectivity index (χ1v) is 11.0. The summed E-state index contributed by atoms with van der Waals surface area (Å²) in [5.74, 6) is 0.285. The molecule has 8 nitrogen and oxygen atoms in total. The van der Waals surface area contributed by atoms with Crippen LogP contribution in [-0.4, -0.2) is 33.4 Å². The van der Waals surface area contributed by atoms with E-state index in [4.69, 9.17) is 14.2 Å². The average Bonchev–Trinajstić information content (AvgIpc) is 3.17. The Hall–Kier alpha value is -4.79. The molecule has 3 aromatic carbocycles. The molecule has 36 heavy (non-hydrogen) atoms. The van der Waals surface area contributed by atoms with Crippen molar-refractivity contribution in [1.82, 2.24) is 14.1 Å². The van der Waals surface area contributed by atoms with Crippen molar-refractivity contribution in [3.05, 3.63) is 101 Å². The van der Waals surface area contributed by atoms with Crippen molar-refractivity contribution in [2.45, 2.75) is 6.54 Å². The number of rotatable bonds is 7. The summed E-state index contributed by atoms with van der Waals surface area (Å²) in [6.07, 6.45) is 2.87. The molecule has 0 fully saturated rings. The van der Waals surface area contributed by atoms with Gasteiger partial charge in [0.05, 0.1) is 38.2 Å². The summed E-state index contributed by atoms with van der Waals surface area (Å²) in [5.41, 5.74) is 1.15. The Morgan fingerprint density at radius 2 is 1.67 bits per heavy atom. The fourth-order valence-electron chi connectivity index (χ4n) is 3.98. The van der Waals surface area contributed by atoms with E-state index in [1.807, 2.05) is 30.3 Å². The molecule has 9 heteroatoms. The molecule has 0 aliphatic rings. The van der Waals surface area contributed by atoms with Gasteiger partial charge in [0, 0.05) is 23.7 Å². The molecule has 0 saturated carbocycles. The van der Waals surface area contributed by atoms with Gasteiger partial charge in [-0.2, -0.15) is 0 Å². The number of methoxy groups -OCH3 is 2. The van der Waals surface area contributed by atoms with Crippen LogP contribution >= 0.6 is 0 Å². The summed E-state index contributed by atoms with van der Waals surface area (Å²) in [6.45, 7) is 0.271. The van der Waals surface area contributed by atoms with Crippen LogP contribution < -0.4 is 19.9 Å². The minimum Gasteiger partial charge on any atom is -0.493 e. The van der Waals surface area contributed by atoms with E-state index in [9.17, 15) is 9.90 Å². The topological polar surface area (TPSA) is 87.7 Å². The number of hydrogen-bond donors (Lipinski definition) is 1. The van der Waals surface area contributed by atoms with Gasteiger partial charge in [-0.05, 0) is 29.8 Å². The van der Waals surface area contributed by atoms with Crippen molar-refractivity contribution in [3.63, 3.8) is 0 Å². The van der Waals surface area contributed by atoms with Crippen molar-refractivity contribution in [2.75, 3.05) is 14.2 Å². The van der Waals surface area contributed by atoms with E-state index in [-0.39, 0.29) is 23.9 Å². The number of nitrogens with zero attached hydrogens (tertiary/aromatic N) is 3. The minimum absolute atomic E-state index is 0.0581. The zero-order valence-electron chi connectivity index (χ0n) is 19.5. The predicted octanol–water partition coefficient (Wildman–Crippen LogP) is 4.89. The van der Waals surface area contributed by atoms with Crippen LogP contribution in [0.3, 0.4) is 0 Å². The number of aromatic hydroxyl groups is 1. The summed E-state index contributed by atoms with van der Waals surface area (Å²) >= 11 is 0. The minimum atomic E-state index is -0.708. The molecule has 182 valence electrons. The van der Waals surface area contributed by atoms with Gasteiger partial charge in [0.25, 0.3) is 0 Å². The summed E-state index contributed by atoms with van der Waals surface area (Å²) in [5, 5.41) is 11.0. The lowest BCUT2D eigenvalue weighted by Gasteiger charge is -2.13. The molecule has 0 saturated heterocycles. The van der Waals surface area contributed by atoms with E-state index in [0.29, 0.717) is 28.2 Å². The van der Waals surface area contributed by atoms with Crippen LogP contribution in [0.2, 0.25) is 0 Å². The molecule has 2 heterocycles. The quantitative estimate of drug-likeness (QED) is 0.352. The summed E-state index contributed by atoms with van der Waals surface area (Å²) in [6, 6.07) is 18.4. The number of halogens is 1. The van der Waals surface area contributed by atoms with Crippen molar-refractivity contribution in [1.29, 1.82) is 0 Å². The molecule has 0 amide bonds. The number of ether oxygens (including phenoxy) is 3. The van der Waals surface area contributed by atoms with Gasteiger partial charge in [0.1, 0.15) is 5.75 Å². The van der Waals surface area contributed by atoms with Gasteiger partial charge in [-0.15, -0.1) is 0 Å². The molecule has 0 aliphatic heterocycles. The maximum atomic E-state index is 15.1. The van der Waals surface area contributed by atoms with Crippen LogP contribution in [0, 0.1) is 5.82 Å². The Morgan fingerprint density at radius 3 is 2.39 bits per heavy atom. The smallest absolute Gasteiger partial charge is 0.336 e. The summed E-state index contributed by atoms with van der Waals surface area (Å²) < 4.78 is 34.0. The molecule has 0 unspecified atom stereocenters. The average molecular weight is 487 g/mol. The SMILES string of the molecule is COc1cc2nccc(Oc3ccc(-n4c(O)cn(Cc5ccccc5)c4=O)cc3F)c2cc1OC. The normalized spacial score (nSPS) is 11.0. The highest BCUT2D eigenvalue weighted by Crippen LogP contribution is 2.37. The van der Waals surface area contributed by atoms with Crippen LogP contribution in [0.5, 0.6) is 28.9 Å². The number of pyridine rings is 1. The fraction of sp³-hybridized carbons (Fsp3) is 0.111. The molecule has 5 aromatic rings. The van der Waals surface area contributed by atoms with Crippen LogP contribution in [0.1, 0.15) is 5.56 Å². The molecule has 5 rings (SSSR count). The highest BCUT2D eigenvalue weighted by atomic mass is 19.1. The zero-order chi connectivity index (χ0) is 25.2. The van der Waals surface area contributed by atoms with Crippen LogP contribution in [0.15, 0.2) is 83.9 Å². The number of hydrogen-bond acceptors (Lipinski definition) is 6. The molecule has 0 radical (unpaired) electrons. The molecular formula is C27H22FN3O5. The Labute approximate surface area is 205 Å². The van der Waals surface area contributed by atoms with Crippen molar-refractivity contribution in [3.8, 4) is 34.6 Å². The van der Waals surface area contributed by atoms with Gasteiger partial charge in [0.15, 0.2) is 23.1 Å². The number of benzene rings is 3. The molecule has 0 bridgehead atoms. The first-order valence-electron chi connectivity index (χ1n) is 11.0. The van der Waals surface area contributed by atoms with Crippen LogP contribution in [0.25, 0.3) is 16.6 Å². The van der Waals surface area contributed by atoms with Crippen LogP contribution in [0.4, 0.5) is 4.39 Å². The lowest BCUT2D eigenvalue weighted by atomic mass is 10.2. The molecule has 2 aromatic heterocycles. The van der Waals surface area contributed by atoms with Crippen LogP contribution in [-0.2, 0) is 6.54 Å². The van der Waals surface area contributed by atoms with Gasteiger partial charge in [-0.3, -0.25) is 9.55 Å². The number of fused-ring (bicyclic) bond motifs is 1. The van der Waals surface area contributed by atoms with E-state index in [2.05, 4.69) is 4.98 Å². The molecular weight excluding hydrogens is 465 g/mol. The molecule has 0 spiro atoms. The first kappa shape index (κ1) is 23.0. The highest BCUT2D eigenvalue weighted by Gasteiger charge is 2.17. The monoisotopic (exact) mass is 487 g/mol. The van der Waals surface area contributed by atoms with E-state index < -0.39 is 11.5 Å². The second-order valence-corrected chi connectivity index (χ2v) is 7.97. The third-order valence-corrected chi connectivity index (χ3v) is 5.73. The van der Waals surface area contributed by atoms with E-state index in [1.165, 1.54) is 37.1 Å². The Balaban J connectivity index is 1.47. The van der Waals surface area contributed by atoms with E-state index in [1.54, 1.807) is 24.4 Å². The molecule has 1 N–H and O–H groups in total. The zero-order valence-corrected chi connectivity index (χ0v) is 19.5. The van der Waals surface area contributed by atoms with E-state index >= 15 is 4.39 Å². The highest BCUT2D eigenvalue weighted by molar-refractivity contribution is 5.88. The molecule has 0 atom stereocenters. The van der Waals surface area contributed by atoms with Gasteiger partial charge < -0.3 is 19.3 Å². The van der Waals surface area contributed by atoms with Gasteiger partial charge in [-0.1, -0.05) is 30.3 Å². The van der Waals surface area contributed by atoms with Crippen molar-refractivity contribution >= 4 is 10.9 Å².